The minimum Gasteiger partial charge on any atom is -0.304 e. The van der Waals surface area contributed by atoms with E-state index in [-0.39, 0.29) is 0 Å². The third-order valence-corrected chi connectivity index (χ3v) is 5.73. The Morgan fingerprint density at radius 3 is 2.17 bits per heavy atom. The maximum atomic E-state index is 11.6. The fourth-order valence-electron chi connectivity index (χ4n) is 3.07. The lowest BCUT2D eigenvalue weighted by Gasteiger charge is -2.32. The Kier molecular flexibility index (Phi) is 5.04. The summed E-state index contributed by atoms with van der Waals surface area (Å²) in [6.45, 7) is 5.30. The van der Waals surface area contributed by atoms with Crippen LogP contribution in [0.25, 0.3) is 11.1 Å². The first kappa shape index (κ1) is 17.1. The Hall–Kier alpha value is -1.69. The van der Waals surface area contributed by atoms with E-state index in [0.717, 1.165) is 38.3 Å². The van der Waals surface area contributed by atoms with Gasteiger partial charge in [0.05, 0.1) is 4.90 Å². The average molecular weight is 344 g/mol. The van der Waals surface area contributed by atoms with E-state index < -0.39 is 9.84 Å². The molecule has 0 bridgehead atoms. The highest BCUT2D eigenvalue weighted by molar-refractivity contribution is 7.90. The second kappa shape index (κ2) is 7.05. The highest BCUT2D eigenvalue weighted by atomic mass is 32.2. The van der Waals surface area contributed by atoms with E-state index >= 15 is 0 Å². The van der Waals surface area contributed by atoms with Crippen LogP contribution in [0, 0.1) is 0 Å². The Labute approximate surface area is 144 Å². The Balaban J connectivity index is 1.84. The molecule has 0 radical (unpaired) electrons. The summed E-state index contributed by atoms with van der Waals surface area (Å²) in [6, 6.07) is 15.6. The maximum Gasteiger partial charge on any atom is 0.175 e. The smallest absolute Gasteiger partial charge is 0.175 e. The van der Waals surface area contributed by atoms with Gasteiger partial charge in [-0.3, -0.25) is 4.90 Å². The van der Waals surface area contributed by atoms with Crippen LogP contribution in [0.15, 0.2) is 53.4 Å². The third-order valence-electron chi connectivity index (χ3n) is 4.60. The topological polar surface area (TPSA) is 40.6 Å². The Bertz CT molecular complexity index is 792. The first-order valence-corrected chi connectivity index (χ1v) is 10.1. The van der Waals surface area contributed by atoms with E-state index in [1.807, 2.05) is 18.2 Å². The summed E-state index contributed by atoms with van der Waals surface area (Å²) in [7, 11) is -0.991. The van der Waals surface area contributed by atoms with Crippen LogP contribution in [0.4, 0.5) is 0 Å². The van der Waals surface area contributed by atoms with Crippen LogP contribution in [0.1, 0.15) is 5.56 Å². The number of likely N-dealkylation sites (N-methyl/N-ethyl adjacent to an activating group) is 1. The number of piperazine rings is 1. The van der Waals surface area contributed by atoms with Gasteiger partial charge in [-0.05, 0) is 35.9 Å². The quantitative estimate of drug-likeness (QED) is 0.854. The van der Waals surface area contributed by atoms with Crippen LogP contribution in [0.5, 0.6) is 0 Å². The fourth-order valence-corrected chi connectivity index (χ4v) is 3.70. The molecule has 0 N–H and O–H groups in total. The predicted octanol–water partition coefficient (Wildman–Crippen LogP) is 2.50. The summed E-state index contributed by atoms with van der Waals surface area (Å²) in [5.41, 5.74) is 3.53. The first-order chi connectivity index (χ1) is 11.4. The lowest BCUT2D eigenvalue weighted by Crippen LogP contribution is -2.43. The van der Waals surface area contributed by atoms with Crippen molar-refractivity contribution < 1.29 is 8.42 Å². The molecular formula is C19H24N2O2S. The van der Waals surface area contributed by atoms with E-state index in [1.54, 1.807) is 12.1 Å². The van der Waals surface area contributed by atoms with Gasteiger partial charge in [0.2, 0.25) is 0 Å². The summed E-state index contributed by atoms with van der Waals surface area (Å²) < 4.78 is 23.3. The molecule has 128 valence electrons. The van der Waals surface area contributed by atoms with Gasteiger partial charge in [0.15, 0.2) is 9.84 Å². The molecule has 2 aromatic carbocycles. The normalized spacial score (nSPS) is 17.1. The Morgan fingerprint density at radius 1 is 0.917 bits per heavy atom. The van der Waals surface area contributed by atoms with E-state index in [9.17, 15) is 8.42 Å². The number of sulfone groups is 1. The molecule has 5 heteroatoms. The molecule has 0 aliphatic carbocycles. The third kappa shape index (κ3) is 4.04. The molecule has 4 nitrogen and oxygen atoms in total. The van der Waals surface area contributed by atoms with Crippen molar-refractivity contribution in [3.63, 3.8) is 0 Å². The van der Waals surface area contributed by atoms with E-state index in [4.69, 9.17) is 0 Å². The second-order valence-electron chi connectivity index (χ2n) is 6.53. The van der Waals surface area contributed by atoms with Crippen LogP contribution in [0.3, 0.4) is 0 Å². The van der Waals surface area contributed by atoms with Crippen molar-refractivity contribution in [1.82, 2.24) is 9.80 Å². The molecule has 2 aromatic rings. The van der Waals surface area contributed by atoms with Crippen molar-refractivity contribution in [2.24, 2.45) is 0 Å². The molecule has 24 heavy (non-hydrogen) atoms. The molecule has 0 spiro atoms. The largest absolute Gasteiger partial charge is 0.304 e. The Morgan fingerprint density at radius 2 is 1.54 bits per heavy atom. The first-order valence-electron chi connectivity index (χ1n) is 8.23. The zero-order chi connectivity index (χ0) is 17.2. The van der Waals surface area contributed by atoms with Crippen LogP contribution in [-0.4, -0.2) is 57.7 Å². The van der Waals surface area contributed by atoms with Gasteiger partial charge in [-0.15, -0.1) is 0 Å². The maximum absolute atomic E-state index is 11.6. The molecule has 0 saturated carbocycles. The summed E-state index contributed by atoms with van der Waals surface area (Å²) in [5.74, 6) is 0. The molecule has 1 aliphatic rings. The highest BCUT2D eigenvalue weighted by Crippen LogP contribution is 2.26. The van der Waals surface area contributed by atoms with E-state index in [0.29, 0.717) is 4.90 Å². The van der Waals surface area contributed by atoms with Crippen molar-refractivity contribution in [3.05, 3.63) is 54.1 Å². The van der Waals surface area contributed by atoms with Crippen molar-refractivity contribution in [1.29, 1.82) is 0 Å². The van der Waals surface area contributed by atoms with Crippen molar-refractivity contribution in [2.45, 2.75) is 11.4 Å². The number of rotatable bonds is 4. The average Bonchev–Trinajstić information content (AvgIpc) is 2.57. The molecule has 3 rings (SSSR count). The lowest BCUT2D eigenvalue weighted by atomic mass is 9.99. The van der Waals surface area contributed by atoms with Crippen LogP contribution < -0.4 is 0 Å². The van der Waals surface area contributed by atoms with Gasteiger partial charge in [0, 0.05) is 39.0 Å². The summed E-state index contributed by atoms with van der Waals surface area (Å²) >= 11 is 0. The van der Waals surface area contributed by atoms with Crippen molar-refractivity contribution >= 4 is 9.84 Å². The molecule has 0 atom stereocenters. The zero-order valence-corrected chi connectivity index (χ0v) is 15.1. The molecule has 1 heterocycles. The highest BCUT2D eigenvalue weighted by Gasteiger charge is 2.16. The molecule has 0 unspecified atom stereocenters. The molecule has 1 aliphatic heterocycles. The minimum absolute atomic E-state index is 0.364. The summed E-state index contributed by atoms with van der Waals surface area (Å²) in [5, 5.41) is 0. The van der Waals surface area contributed by atoms with Gasteiger partial charge in [-0.1, -0.05) is 36.4 Å². The molecule has 0 amide bonds. The van der Waals surface area contributed by atoms with Gasteiger partial charge in [-0.25, -0.2) is 8.42 Å². The standard InChI is InChI=1S/C19H24N2O2S/c1-20-11-13-21(14-12-20)15-17-5-3-4-6-19(17)16-7-9-18(10-8-16)24(2,22)23/h3-10H,11-15H2,1-2H3. The predicted molar refractivity (Wildman–Crippen MR) is 97.8 cm³/mol. The lowest BCUT2D eigenvalue weighted by molar-refractivity contribution is 0.148. The minimum atomic E-state index is -3.15. The SMILES string of the molecule is CN1CCN(Cc2ccccc2-c2ccc(S(C)(=O)=O)cc2)CC1. The fraction of sp³-hybridized carbons (Fsp3) is 0.368. The van der Waals surface area contributed by atoms with Crippen molar-refractivity contribution in [2.75, 3.05) is 39.5 Å². The molecule has 1 fully saturated rings. The van der Waals surface area contributed by atoms with Crippen LogP contribution in [0.2, 0.25) is 0 Å². The zero-order valence-electron chi connectivity index (χ0n) is 14.3. The number of nitrogens with zero attached hydrogens (tertiary/aromatic N) is 2. The van der Waals surface area contributed by atoms with E-state index in [2.05, 4.69) is 35.0 Å². The summed E-state index contributed by atoms with van der Waals surface area (Å²) in [4.78, 5) is 5.19. The van der Waals surface area contributed by atoms with Gasteiger partial charge >= 0.3 is 0 Å². The second-order valence-corrected chi connectivity index (χ2v) is 8.55. The monoisotopic (exact) mass is 344 g/mol. The van der Waals surface area contributed by atoms with Gasteiger partial charge in [-0.2, -0.15) is 0 Å². The van der Waals surface area contributed by atoms with E-state index in [1.165, 1.54) is 17.4 Å². The molecule has 1 saturated heterocycles. The van der Waals surface area contributed by atoms with Crippen LogP contribution >= 0.6 is 0 Å². The number of hydrogen-bond donors (Lipinski definition) is 0. The van der Waals surface area contributed by atoms with Crippen molar-refractivity contribution in [3.8, 4) is 11.1 Å². The van der Waals surface area contributed by atoms with Gasteiger partial charge < -0.3 is 4.90 Å². The van der Waals surface area contributed by atoms with Gasteiger partial charge in [0.1, 0.15) is 0 Å². The molecule has 0 aromatic heterocycles. The van der Waals surface area contributed by atoms with Crippen LogP contribution in [-0.2, 0) is 16.4 Å². The number of benzene rings is 2. The molecular weight excluding hydrogens is 320 g/mol. The summed E-state index contributed by atoms with van der Waals surface area (Å²) in [6.07, 6.45) is 1.24. The van der Waals surface area contributed by atoms with Gasteiger partial charge in [0.25, 0.3) is 0 Å². The number of hydrogen-bond acceptors (Lipinski definition) is 4.